The van der Waals surface area contributed by atoms with E-state index in [1.807, 2.05) is 6.07 Å². The maximum Gasteiger partial charge on any atom is 0.750 e. The zero-order valence-corrected chi connectivity index (χ0v) is 15.7. The number of hydrogen-bond acceptors (Lipinski definition) is 4. The maximum atomic E-state index is 11.9. The molecule has 0 heterocycles. The smallest absolute Gasteiger partial charge is 0.326 e. The molecule has 0 aromatic heterocycles. The van der Waals surface area contributed by atoms with Crippen molar-refractivity contribution in [2.45, 2.75) is 65.8 Å². The van der Waals surface area contributed by atoms with Crippen LogP contribution in [-0.2, 0) is 26.5 Å². The Morgan fingerprint density at radius 1 is 1.09 bits per heavy atom. The summed E-state index contributed by atoms with van der Waals surface area (Å²) in [7, 11) is -2.19. The molecule has 0 radical (unpaired) electrons. The summed E-state index contributed by atoms with van der Waals surface area (Å²) in [5.74, 6) is 0.595. The summed E-state index contributed by atoms with van der Waals surface area (Å²) in [6.07, 6.45) is 0. The average Bonchev–Trinajstić information content (AvgIpc) is 2.36. The molecular formula is C17H29NO3P+. The summed E-state index contributed by atoms with van der Waals surface area (Å²) in [5, 5.41) is 0. The highest BCUT2D eigenvalue weighted by Gasteiger charge is 2.31. The lowest BCUT2D eigenvalue weighted by molar-refractivity contribution is 0.300. The molecule has 1 rings (SSSR count). The van der Waals surface area contributed by atoms with E-state index in [0.717, 1.165) is 11.1 Å². The third-order valence-corrected chi connectivity index (χ3v) is 4.26. The lowest BCUT2D eigenvalue weighted by Crippen LogP contribution is -2.19. The van der Waals surface area contributed by atoms with Gasteiger partial charge >= 0.3 is 8.25 Å². The van der Waals surface area contributed by atoms with Crippen molar-refractivity contribution in [3.8, 4) is 5.75 Å². The monoisotopic (exact) mass is 326 g/mol. The highest BCUT2D eigenvalue weighted by atomic mass is 31.1. The summed E-state index contributed by atoms with van der Waals surface area (Å²) in [5.41, 5.74) is 8.82. The van der Waals surface area contributed by atoms with Gasteiger partial charge in [-0.25, -0.2) is 4.52 Å². The second-order valence-corrected chi connectivity index (χ2v) is 8.34. The third kappa shape index (κ3) is 4.77. The first kappa shape index (κ1) is 19.1. The molecule has 22 heavy (non-hydrogen) atoms. The molecule has 2 N–H and O–H groups in total. The molecule has 5 heteroatoms. The SMILES string of the molecule is CCO[P+](=O)Oc1c(CN)cc(C(C)(C)C)cc1C(C)(C)C. The van der Waals surface area contributed by atoms with Crippen LogP contribution in [0.5, 0.6) is 5.75 Å². The van der Waals surface area contributed by atoms with E-state index in [0.29, 0.717) is 18.9 Å². The summed E-state index contributed by atoms with van der Waals surface area (Å²) >= 11 is 0. The third-order valence-electron chi connectivity index (χ3n) is 3.46. The Hall–Kier alpha value is -0.960. The van der Waals surface area contributed by atoms with Crippen molar-refractivity contribution < 1.29 is 13.6 Å². The Balaban J connectivity index is 3.49. The van der Waals surface area contributed by atoms with Crippen LogP contribution in [0.4, 0.5) is 0 Å². The van der Waals surface area contributed by atoms with Crippen molar-refractivity contribution in [1.82, 2.24) is 0 Å². The fourth-order valence-electron chi connectivity index (χ4n) is 2.14. The molecule has 124 valence electrons. The van der Waals surface area contributed by atoms with Crippen molar-refractivity contribution in [2.75, 3.05) is 6.61 Å². The van der Waals surface area contributed by atoms with Crippen LogP contribution >= 0.6 is 8.25 Å². The van der Waals surface area contributed by atoms with E-state index in [2.05, 4.69) is 47.6 Å². The Morgan fingerprint density at radius 3 is 2.09 bits per heavy atom. The summed E-state index contributed by atoms with van der Waals surface area (Å²) in [6.45, 7) is 15.3. The quantitative estimate of drug-likeness (QED) is 0.789. The van der Waals surface area contributed by atoms with Gasteiger partial charge in [0.15, 0.2) is 5.75 Å². The predicted molar refractivity (Wildman–Crippen MR) is 91.6 cm³/mol. The van der Waals surface area contributed by atoms with Gasteiger partial charge in [0, 0.05) is 22.2 Å². The lowest BCUT2D eigenvalue weighted by Gasteiger charge is -2.27. The molecule has 4 nitrogen and oxygen atoms in total. The topological polar surface area (TPSA) is 61.5 Å². The zero-order valence-electron chi connectivity index (χ0n) is 14.8. The van der Waals surface area contributed by atoms with Crippen molar-refractivity contribution in [3.63, 3.8) is 0 Å². The fraction of sp³-hybridized carbons (Fsp3) is 0.647. The van der Waals surface area contributed by atoms with Crippen LogP contribution in [0.1, 0.15) is 65.2 Å². The van der Waals surface area contributed by atoms with Crippen molar-refractivity contribution >= 4 is 8.25 Å². The van der Waals surface area contributed by atoms with E-state index >= 15 is 0 Å². The fourth-order valence-corrected chi connectivity index (χ4v) is 2.77. The van der Waals surface area contributed by atoms with Crippen LogP contribution in [-0.4, -0.2) is 6.61 Å². The molecular weight excluding hydrogens is 297 g/mol. The molecule has 0 bridgehead atoms. The first-order valence-corrected chi connectivity index (χ1v) is 8.76. The molecule has 0 saturated carbocycles. The maximum absolute atomic E-state index is 11.9. The van der Waals surface area contributed by atoms with Crippen LogP contribution < -0.4 is 10.3 Å². The standard InChI is InChI=1S/C17H29NO3P/c1-8-20-22(19)21-15-12(11-18)9-13(16(2,3)4)10-14(15)17(5,6)7/h9-10H,8,11,18H2,1-7H3/q+1. The second-order valence-electron chi connectivity index (χ2n) is 7.45. The summed E-state index contributed by atoms with van der Waals surface area (Å²) in [6, 6.07) is 4.17. The average molecular weight is 326 g/mol. The summed E-state index contributed by atoms with van der Waals surface area (Å²) in [4.78, 5) is 0. The number of rotatable bonds is 5. The molecule has 0 aliphatic carbocycles. The molecule has 0 saturated heterocycles. The lowest BCUT2D eigenvalue weighted by atomic mass is 9.79. The van der Waals surface area contributed by atoms with E-state index in [1.165, 1.54) is 5.56 Å². The van der Waals surface area contributed by atoms with Gasteiger partial charge in [-0.05, 0) is 23.3 Å². The normalized spacial score (nSPS) is 13.2. The van der Waals surface area contributed by atoms with Crippen LogP contribution in [0.15, 0.2) is 12.1 Å². The van der Waals surface area contributed by atoms with Gasteiger partial charge in [0.1, 0.15) is 6.61 Å². The molecule has 1 unspecified atom stereocenters. The van der Waals surface area contributed by atoms with Crippen LogP contribution in [0.25, 0.3) is 0 Å². The van der Waals surface area contributed by atoms with E-state index in [9.17, 15) is 4.57 Å². The van der Waals surface area contributed by atoms with E-state index in [4.69, 9.17) is 14.8 Å². The number of hydrogen-bond donors (Lipinski definition) is 1. The van der Waals surface area contributed by atoms with Crippen molar-refractivity contribution in [2.24, 2.45) is 5.73 Å². The first-order chi connectivity index (χ1) is 10.0. The highest BCUT2D eigenvalue weighted by Crippen LogP contribution is 2.42. The number of nitrogens with two attached hydrogens (primary N) is 1. The minimum Gasteiger partial charge on any atom is -0.326 e. The van der Waals surface area contributed by atoms with Crippen LogP contribution in [0.3, 0.4) is 0 Å². The zero-order chi connectivity index (χ0) is 17.1. The predicted octanol–water partition coefficient (Wildman–Crippen LogP) is 4.81. The number of benzene rings is 1. The van der Waals surface area contributed by atoms with Crippen molar-refractivity contribution in [1.29, 1.82) is 0 Å². The van der Waals surface area contributed by atoms with Gasteiger partial charge in [-0.15, -0.1) is 4.52 Å². The first-order valence-electron chi connectivity index (χ1n) is 7.66. The Bertz CT molecular complexity index is 542. The summed E-state index contributed by atoms with van der Waals surface area (Å²) < 4.78 is 22.6. The van der Waals surface area contributed by atoms with Crippen LogP contribution in [0, 0.1) is 0 Å². The van der Waals surface area contributed by atoms with Gasteiger partial charge in [-0.3, -0.25) is 0 Å². The molecule has 0 spiro atoms. The highest BCUT2D eigenvalue weighted by molar-refractivity contribution is 7.33. The van der Waals surface area contributed by atoms with Crippen molar-refractivity contribution in [3.05, 3.63) is 28.8 Å². The Kier molecular flexibility index (Phi) is 6.14. The Labute approximate surface area is 135 Å². The van der Waals surface area contributed by atoms with Gasteiger partial charge in [-0.1, -0.05) is 53.7 Å². The largest absolute Gasteiger partial charge is 0.750 e. The molecule has 0 aliphatic rings. The Morgan fingerprint density at radius 2 is 1.68 bits per heavy atom. The molecule has 0 amide bonds. The van der Waals surface area contributed by atoms with E-state index in [1.54, 1.807) is 6.92 Å². The molecule has 0 aliphatic heterocycles. The second kappa shape index (κ2) is 7.08. The van der Waals surface area contributed by atoms with Gasteiger partial charge in [-0.2, -0.15) is 0 Å². The van der Waals surface area contributed by atoms with Gasteiger partial charge in [0.25, 0.3) is 0 Å². The van der Waals surface area contributed by atoms with Gasteiger partial charge < -0.3 is 5.73 Å². The minimum absolute atomic E-state index is 0.00453. The van der Waals surface area contributed by atoms with Crippen LogP contribution in [0.2, 0.25) is 0 Å². The molecule has 1 aromatic carbocycles. The molecule has 1 atom stereocenters. The molecule has 1 aromatic rings. The minimum atomic E-state index is -2.19. The van der Waals surface area contributed by atoms with E-state index < -0.39 is 8.25 Å². The van der Waals surface area contributed by atoms with E-state index in [-0.39, 0.29) is 10.8 Å². The molecule has 0 fully saturated rings. The van der Waals surface area contributed by atoms with Gasteiger partial charge in [0.2, 0.25) is 0 Å². The van der Waals surface area contributed by atoms with Gasteiger partial charge in [0.05, 0.1) is 0 Å².